The van der Waals surface area contributed by atoms with Crippen molar-refractivity contribution in [1.82, 2.24) is 14.8 Å². The molecular formula is C23H29N3O3. The van der Waals surface area contributed by atoms with Gasteiger partial charge in [-0.1, -0.05) is 24.3 Å². The van der Waals surface area contributed by atoms with Gasteiger partial charge in [-0.3, -0.25) is 14.6 Å². The zero-order valence-electron chi connectivity index (χ0n) is 17.0. The van der Waals surface area contributed by atoms with Crippen LogP contribution in [0.5, 0.6) is 5.75 Å². The highest BCUT2D eigenvalue weighted by Crippen LogP contribution is 2.19. The number of likely N-dealkylation sites (tertiary alicyclic amines) is 1. The Kier molecular flexibility index (Phi) is 7.61. The van der Waals surface area contributed by atoms with Crippen molar-refractivity contribution in [2.75, 3.05) is 33.3 Å². The van der Waals surface area contributed by atoms with Crippen LogP contribution in [0.2, 0.25) is 0 Å². The van der Waals surface area contributed by atoms with Gasteiger partial charge in [-0.15, -0.1) is 0 Å². The highest BCUT2D eigenvalue weighted by molar-refractivity contribution is 5.81. The highest BCUT2D eigenvalue weighted by atomic mass is 16.5. The van der Waals surface area contributed by atoms with Crippen molar-refractivity contribution in [2.45, 2.75) is 25.7 Å². The average molecular weight is 396 g/mol. The summed E-state index contributed by atoms with van der Waals surface area (Å²) in [6.45, 7) is 2.19. The molecule has 1 atom stereocenters. The summed E-state index contributed by atoms with van der Waals surface area (Å²) < 4.78 is 5.63. The second kappa shape index (κ2) is 10.6. The summed E-state index contributed by atoms with van der Waals surface area (Å²) in [7, 11) is 1.83. The molecule has 0 bridgehead atoms. The van der Waals surface area contributed by atoms with Crippen LogP contribution in [0, 0.1) is 5.92 Å². The lowest BCUT2D eigenvalue weighted by molar-refractivity contribution is -0.140. The standard InChI is InChI=1S/C23H29N3O3/c1-25(16-12-20-9-5-6-14-24-20)23(28)19-8-7-15-26(18-19)22(27)13-17-29-21-10-3-2-4-11-21/h2-6,9-11,14,19H,7-8,12-13,15-18H2,1H3. The van der Waals surface area contributed by atoms with Gasteiger partial charge in [-0.25, -0.2) is 0 Å². The summed E-state index contributed by atoms with van der Waals surface area (Å²) in [6.07, 6.45) is 4.51. The van der Waals surface area contributed by atoms with Crippen molar-refractivity contribution < 1.29 is 14.3 Å². The molecule has 1 aromatic heterocycles. The molecule has 154 valence electrons. The number of carbonyl (C=O) groups is 2. The van der Waals surface area contributed by atoms with E-state index in [2.05, 4.69) is 4.98 Å². The van der Waals surface area contributed by atoms with Crippen LogP contribution < -0.4 is 4.74 Å². The Morgan fingerprint density at radius 1 is 1.17 bits per heavy atom. The number of hydrogen-bond donors (Lipinski definition) is 0. The number of benzene rings is 1. The van der Waals surface area contributed by atoms with E-state index in [9.17, 15) is 9.59 Å². The van der Waals surface area contributed by atoms with E-state index < -0.39 is 0 Å². The number of hydrogen-bond acceptors (Lipinski definition) is 4. The molecule has 1 aromatic carbocycles. The van der Waals surface area contributed by atoms with Crippen molar-refractivity contribution in [3.8, 4) is 5.75 Å². The van der Waals surface area contributed by atoms with Crippen LogP contribution in [0.25, 0.3) is 0 Å². The van der Waals surface area contributed by atoms with Crippen LogP contribution in [-0.4, -0.2) is 59.9 Å². The second-order valence-electron chi connectivity index (χ2n) is 7.42. The number of carbonyl (C=O) groups excluding carboxylic acids is 2. The minimum atomic E-state index is -0.128. The first-order valence-electron chi connectivity index (χ1n) is 10.2. The number of aromatic nitrogens is 1. The Morgan fingerprint density at radius 2 is 1.97 bits per heavy atom. The first-order chi connectivity index (χ1) is 14.1. The zero-order chi connectivity index (χ0) is 20.5. The Balaban J connectivity index is 1.43. The largest absolute Gasteiger partial charge is 0.493 e. The number of likely N-dealkylation sites (N-methyl/N-ethyl adjacent to an activating group) is 1. The molecule has 1 fully saturated rings. The predicted molar refractivity (Wildman–Crippen MR) is 111 cm³/mol. The van der Waals surface area contributed by atoms with Gasteiger partial charge in [0.05, 0.1) is 18.9 Å². The quantitative estimate of drug-likeness (QED) is 0.690. The smallest absolute Gasteiger partial charge is 0.227 e. The van der Waals surface area contributed by atoms with Gasteiger partial charge >= 0.3 is 0 Å². The molecule has 0 radical (unpaired) electrons. The van der Waals surface area contributed by atoms with Crippen molar-refractivity contribution in [1.29, 1.82) is 0 Å². The lowest BCUT2D eigenvalue weighted by Crippen LogP contribution is -2.46. The van der Waals surface area contributed by atoms with Crippen LogP contribution in [-0.2, 0) is 16.0 Å². The normalized spacial score (nSPS) is 16.3. The Morgan fingerprint density at radius 3 is 2.72 bits per heavy atom. The second-order valence-corrected chi connectivity index (χ2v) is 7.42. The van der Waals surface area contributed by atoms with Gasteiger partial charge in [0.2, 0.25) is 11.8 Å². The van der Waals surface area contributed by atoms with E-state index >= 15 is 0 Å². The fourth-order valence-corrected chi connectivity index (χ4v) is 3.59. The molecule has 29 heavy (non-hydrogen) atoms. The van der Waals surface area contributed by atoms with Crippen molar-refractivity contribution in [3.05, 3.63) is 60.4 Å². The fourth-order valence-electron chi connectivity index (χ4n) is 3.59. The zero-order valence-corrected chi connectivity index (χ0v) is 17.0. The summed E-state index contributed by atoms with van der Waals surface area (Å²) in [5.41, 5.74) is 0.978. The molecule has 0 saturated carbocycles. The van der Waals surface area contributed by atoms with E-state index in [-0.39, 0.29) is 17.7 Å². The van der Waals surface area contributed by atoms with Crippen LogP contribution in [0.15, 0.2) is 54.7 Å². The van der Waals surface area contributed by atoms with Crippen molar-refractivity contribution in [2.24, 2.45) is 5.92 Å². The molecule has 0 N–H and O–H groups in total. The van der Waals surface area contributed by atoms with E-state index in [0.29, 0.717) is 32.7 Å². The van der Waals surface area contributed by atoms with E-state index in [0.717, 1.165) is 30.7 Å². The lowest BCUT2D eigenvalue weighted by atomic mass is 9.96. The van der Waals surface area contributed by atoms with Crippen LogP contribution >= 0.6 is 0 Å². The van der Waals surface area contributed by atoms with Gasteiger partial charge in [-0.05, 0) is 37.1 Å². The van der Waals surface area contributed by atoms with E-state index in [1.54, 1.807) is 11.1 Å². The molecule has 2 heterocycles. The predicted octanol–water partition coefficient (Wildman–Crippen LogP) is 2.79. The first kappa shape index (κ1) is 20.8. The molecule has 3 rings (SSSR count). The van der Waals surface area contributed by atoms with E-state index in [1.807, 2.05) is 60.5 Å². The van der Waals surface area contributed by atoms with E-state index in [1.165, 1.54) is 0 Å². The third kappa shape index (κ3) is 6.31. The number of nitrogens with zero attached hydrogens (tertiary/aromatic N) is 3. The summed E-state index contributed by atoms with van der Waals surface area (Å²) in [6, 6.07) is 15.3. The maximum Gasteiger partial charge on any atom is 0.227 e. The van der Waals surface area contributed by atoms with Crippen LogP contribution in [0.3, 0.4) is 0 Å². The lowest BCUT2D eigenvalue weighted by Gasteiger charge is -2.34. The minimum Gasteiger partial charge on any atom is -0.493 e. The third-order valence-electron chi connectivity index (χ3n) is 5.26. The Labute approximate surface area is 172 Å². The molecule has 6 heteroatoms. The van der Waals surface area contributed by atoms with E-state index in [4.69, 9.17) is 4.74 Å². The minimum absolute atomic E-state index is 0.0505. The molecule has 0 aliphatic carbocycles. The summed E-state index contributed by atoms with van der Waals surface area (Å²) in [5, 5.41) is 0. The van der Waals surface area contributed by atoms with Crippen molar-refractivity contribution in [3.63, 3.8) is 0 Å². The molecule has 1 aliphatic rings. The molecule has 1 unspecified atom stereocenters. The molecular weight excluding hydrogens is 366 g/mol. The third-order valence-corrected chi connectivity index (χ3v) is 5.26. The summed E-state index contributed by atoms with van der Waals surface area (Å²) in [4.78, 5) is 33.3. The maximum atomic E-state index is 12.8. The average Bonchev–Trinajstić information content (AvgIpc) is 2.78. The number of ether oxygens (including phenoxy) is 1. The number of pyridine rings is 1. The number of para-hydroxylation sites is 1. The number of amides is 2. The van der Waals surface area contributed by atoms with Gasteiger partial charge in [0.15, 0.2) is 0 Å². The Bertz CT molecular complexity index is 782. The van der Waals surface area contributed by atoms with Gasteiger partial charge in [-0.2, -0.15) is 0 Å². The molecule has 1 aliphatic heterocycles. The maximum absolute atomic E-state index is 12.8. The van der Waals surface area contributed by atoms with Gasteiger partial charge < -0.3 is 14.5 Å². The molecule has 2 amide bonds. The van der Waals surface area contributed by atoms with Gasteiger partial charge in [0.1, 0.15) is 5.75 Å². The summed E-state index contributed by atoms with van der Waals surface area (Å²) in [5.74, 6) is 0.798. The monoisotopic (exact) mass is 395 g/mol. The number of piperidine rings is 1. The molecule has 6 nitrogen and oxygen atoms in total. The van der Waals surface area contributed by atoms with Gasteiger partial charge in [0.25, 0.3) is 0 Å². The Hall–Kier alpha value is -2.89. The van der Waals surface area contributed by atoms with Crippen molar-refractivity contribution >= 4 is 11.8 Å². The van der Waals surface area contributed by atoms with Gasteiger partial charge in [0, 0.05) is 45.0 Å². The SMILES string of the molecule is CN(CCc1ccccn1)C(=O)C1CCCN(C(=O)CCOc2ccccc2)C1. The van der Waals surface area contributed by atoms with Crippen LogP contribution in [0.1, 0.15) is 25.0 Å². The number of rotatable bonds is 8. The molecule has 0 spiro atoms. The van der Waals surface area contributed by atoms with Crippen LogP contribution in [0.4, 0.5) is 0 Å². The highest BCUT2D eigenvalue weighted by Gasteiger charge is 2.29. The summed E-state index contributed by atoms with van der Waals surface area (Å²) >= 11 is 0. The fraction of sp³-hybridized carbons (Fsp3) is 0.435. The topological polar surface area (TPSA) is 62.7 Å². The molecule has 2 aromatic rings. The molecule has 1 saturated heterocycles. The first-order valence-corrected chi connectivity index (χ1v) is 10.2.